The Morgan fingerprint density at radius 1 is 1.13 bits per heavy atom. The number of carbonyl (C=O) groups excluding carboxylic acids is 1. The highest BCUT2D eigenvalue weighted by Gasteiger charge is 2.19. The maximum Gasteiger partial charge on any atom is 0.279 e. The second-order valence-corrected chi connectivity index (χ2v) is 12.0. The molecule has 3 aromatic rings. The summed E-state index contributed by atoms with van der Waals surface area (Å²) in [7, 11) is -7.34. The molecule has 0 aliphatic carbocycles. The van der Waals surface area contributed by atoms with Crippen molar-refractivity contribution in [3.63, 3.8) is 0 Å². The number of thiazole rings is 1. The van der Waals surface area contributed by atoms with E-state index < -0.39 is 31.0 Å². The van der Waals surface area contributed by atoms with E-state index in [0.29, 0.717) is 10.2 Å². The number of terminal acetylenes is 1. The second kappa shape index (κ2) is 8.39. The van der Waals surface area contributed by atoms with Crippen LogP contribution in [0.15, 0.2) is 57.2 Å². The van der Waals surface area contributed by atoms with Crippen molar-refractivity contribution in [3.05, 3.63) is 52.8 Å². The molecule has 1 aromatic heterocycles. The van der Waals surface area contributed by atoms with Crippen molar-refractivity contribution in [2.75, 3.05) is 0 Å². The fourth-order valence-corrected chi connectivity index (χ4v) is 5.51. The normalized spacial score (nSPS) is 12.9. The number of hydrogen-bond donors (Lipinski definition) is 1. The Kier molecular flexibility index (Phi) is 6.20. The molecule has 0 atom stereocenters. The number of rotatable bonds is 5. The van der Waals surface area contributed by atoms with Gasteiger partial charge in [-0.2, -0.15) is 4.99 Å². The molecule has 0 saturated heterocycles. The van der Waals surface area contributed by atoms with Gasteiger partial charge in [0.15, 0.2) is 14.6 Å². The van der Waals surface area contributed by atoms with Crippen LogP contribution in [0.25, 0.3) is 10.2 Å². The zero-order valence-electron chi connectivity index (χ0n) is 16.6. The quantitative estimate of drug-likeness (QED) is 0.561. The van der Waals surface area contributed by atoms with Crippen molar-refractivity contribution < 1.29 is 21.6 Å². The molecule has 0 unspecified atom stereocenters. The van der Waals surface area contributed by atoms with E-state index in [4.69, 9.17) is 11.6 Å². The summed E-state index contributed by atoms with van der Waals surface area (Å²) in [5.41, 5.74) is 0.818. The van der Waals surface area contributed by atoms with Crippen molar-refractivity contribution in [1.29, 1.82) is 0 Å². The third-order valence-corrected chi connectivity index (χ3v) is 8.60. The van der Waals surface area contributed by atoms with Crippen molar-refractivity contribution in [2.24, 2.45) is 10.1 Å². The highest BCUT2D eigenvalue weighted by molar-refractivity contribution is 7.92. The molecule has 0 fully saturated rings. The second-order valence-electron chi connectivity index (χ2n) is 6.88. The SMILES string of the molecule is C#CCn1c(=NC(=O)c2ccc(S(=O)(=O)C(C)C)cc2)sc2cc(S(N)(=O)=O)ccc21. The monoisotopic (exact) mass is 477 g/mol. The fraction of sp³-hybridized carbons (Fsp3) is 0.200. The lowest BCUT2D eigenvalue weighted by Gasteiger charge is -2.07. The van der Waals surface area contributed by atoms with E-state index in [1.807, 2.05) is 0 Å². The minimum Gasteiger partial charge on any atom is -0.305 e. The smallest absolute Gasteiger partial charge is 0.279 e. The predicted octanol–water partition coefficient (Wildman–Crippen LogP) is 1.91. The van der Waals surface area contributed by atoms with Crippen LogP contribution >= 0.6 is 11.3 Å². The van der Waals surface area contributed by atoms with Gasteiger partial charge in [0.1, 0.15) is 0 Å². The minimum atomic E-state index is -3.89. The van der Waals surface area contributed by atoms with Crippen molar-refractivity contribution in [2.45, 2.75) is 35.4 Å². The number of nitrogens with two attached hydrogens (primary N) is 1. The van der Waals surface area contributed by atoms with E-state index in [9.17, 15) is 21.6 Å². The number of fused-ring (bicyclic) bond motifs is 1. The first-order valence-electron chi connectivity index (χ1n) is 8.98. The number of hydrogen-bond acceptors (Lipinski definition) is 6. The summed E-state index contributed by atoms with van der Waals surface area (Å²) in [5.74, 6) is 1.90. The molecule has 0 aliphatic rings. The first kappa shape index (κ1) is 22.9. The number of carbonyl (C=O) groups is 1. The van der Waals surface area contributed by atoms with Gasteiger partial charge in [0.2, 0.25) is 10.0 Å². The lowest BCUT2D eigenvalue weighted by atomic mass is 10.2. The van der Waals surface area contributed by atoms with Gasteiger partial charge >= 0.3 is 0 Å². The molecule has 0 bridgehead atoms. The number of aromatic nitrogens is 1. The minimum absolute atomic E-state index is 0.0612. The Morgan fingerprint density at radius 3 is 2.29 bits per heavy atom. The molecule has 0 spiro atoms. The topological polar surface area (TPSA) is 129 Å². The fourth-order valence-electron chi connectivity index (χ4n) is 2.77. The predicted molar refractivity (Wildman–Crippen MR) is 119 cm³/mol. The average molecular weight is 478 g/mol. The van der Waals surface area contributed by atoms with Crippen LogP contribution in [0, 0.1) is 12.3 Å². The molecule has 2 N–H and O–H groups in total. The van der Waals surface area contributed by atoms with Crippen LogP contribution in [0.2, 0.25) is 0 Å². The largest absolute Gasteiger partial charge is 0.305 e. The zero-order valence-corrected chi connectivity index (χ0v) is 19.1. The zero-order chi connectivity index (χ0) is 23.0. The number of amides is 1. The molecule has 0 radical (unpaired) electrons. The number of sulfonamides is 1. The van der Waals surface area contributed by atoms with Gasteiger partial charge in [0, 0.05) is 5.56 Å². The molecule has 11 heteroatoms. The molecular weight excluding hydrogens is 458 g/mol. The van der Waals surface area contributed by atoms with E-state index in [2.05, 4.69) is 10.9 Å². The van der Waals surface area contributed by atoms with Gasteiger partial charge in [0.25, 0.3) is 5.91 Å². The Labute approximate surface area is 184 Å². The van der Waals surface area contributed by atoms with Crippen LogP contribution in [0.5, 0.6) is 0 Å². The molecule has 2 aromatic carbocycles. The first-order valence-corrected chi connectivity index (χ1v) is 12.9. The third-order valence-electron chi connectivity index (χ3n) is 4.48. The molecule has 0 saturated carbocycles. The van der Waals surface area contributed by atoms with Crippen LogP contribution in [0.3, 0.4) is 0 Å². The van der Waals surface area contributed by atoms with E-state index >= 15 is 0 Å². The van der Waals surface area contributed by atoms with E-state index in [1.165, 1.54) is 36.4 Å². The number of nitrogens with zero attached hydrogens (tertiary/aromatic N) is 2. The van der Waals surface area contributed by atoms with Gasteiger partial charge in [-0.3, -0.25) is 4.79 Å². The van der Waals surface area contributed by atoms with Crippen molar-refractivity contribution in [1.82, 2.24) is 4.57 Å². The lowest BCUT2D eigenvalue weighted by Crippen LogP contribution is -2.17. The van der Waals surface area contributed by atoms with Crippen LogP contribution < -0.4 is 9.94 Å². The van der Waals surface area contributed by atoms with Gasteiger partial charge < -0.3 is 4.57 Å². The summed E-state index contributed by atoms with van der Waals surface area (Å²) in [6.45, 7) is 3.28. The van der Waals surface area contributed by atoms with Gasteiger partial charge in [-0.15, -0.1) is 6.42 Å². The molecular formula is C20H19N3O5S3. The third kappa shape index (κ3) is 4.62. The average Bonchev–Trinajstić information content (AvgIpc) is 3.04. The molecule has 1 heterocycles. The Bertz CT molecular complexity index is 1490. The highest BCUT2D eigenvalue weighted by Crippen LogP contribution is 2.22. The Balaban J connectivity index is 2.08. The van der Waals surface area contributed by atoms with Crippen LogP contribution in [0.1, 0.15) is 24.2 Å². The molecule has 162 valence electrons. The van der Waals surface area contributed by atoms with Crippen molar-refractivity contribution >= 4 is 47.3 Å². The standard InChI is InChI=1S/C20H19N3O5S3/c1-4-11-23-17-10-9-16(31(21,27)28)12-18(17)29-20(23)22-19(24)14-5-7-15(8-6-14)30(25,26)13(2)3/h1,5-10,12-13H,11H2,2-3H3,(H2,21,27,28). The summed E-state index contributed by atoms with van der Waals surface area (Å²) in [6, 6.07) is 9.86. The van der Waals surface area contributed by atoms with Gasteiger partial charge in [0.05, 0.1) is 31.8 Å². The highest BCUT2D eigenvalue weighted by atomic mass is 32.2. The van der Waals surface area contributed by atoms with Gasteiger partial charge in [-0.05, 0) is 56.3 Å². The first-order chi connectivity index (χ1) is 14.4. The van der Waals surface area contributed by atoms with Crippen molar-refractivity contribution in [3.8, 4) is 12.3 Å². The van der Waals surface area contributed by atoms with Crippen LogP contribution in [0.4, 0.5) is 0 Å². The Hall–Kier alpha value is -2.78. The molecule has 1 amide bonds. The summed E-state index contributed by atoms with van der Waals surface area (Å²) < 4.78 is 49.9. The van der Waals surface area contributed by atoms with Gasteiger partial charge in [-0.25, -0.2) is 22.0 Å². The molecule has 0 aliphatic heterocycles. The lowest BCUT2D eigenvalue weighted by molar-refractivity contribution is 0.0998. The molecule has 8 nitrogen and oxygen atoms in total. The summed E-state index contributed by atoms with van der Waals surface area (Å²) in [5, 5.41) is 4.61. The maximum atomic E-state index is 12.7. The number of benzene rings is 2. The van der Waals surface area contributed by atoms with Gasteiger partial charge in [-0.1, -0.05) is 17.3 Å². The Morgan fingerprint density at radius 2 is 1.74 bits per heavy atom. The summed E-state index contributed by atoms with van der Waals surface area (Å²) in [4.78, 5) is 17.1. The number of primary sulfonamides is 1. The summed E-state index contributed by atoms with van der Waals surface area (Å²) >= 11 is 1.09. The van der Waals surface area contributed by atoms with E-state index in [1.54, 1.807) is 24.5 Å². The van der Waals surface area contributed by atoms with Crippen LogP contribution in [-0.4, -0.2) is 32.6 Å². The van der Waals surface area contributed by atoms with Crippen LogP contribution in [-0.2, 0) is 26.4 Å². The molecule has 31 heavy (non-hydrogen) atoms. The molecule has 3 rings (SSSR count). The summed E-state index contributed by atoms with van der Waals surface area (Å²) in [6.07, 6.45) is 5.44. The maximum absolute atomic E-state index is 12.7. The number of sulfone groups is 1. The van der Waals surface area contributed by atoms with E-state index in [0.717, 1.165) is 11.3 Å². The van der Waals surface area contributed by atoms with E-state index in [-0.39, 0.29) is 26.7 Å².